The number of phenolic OH excluding ortho intramolecular Hbond substituents is 1. The highest BCUT2D eigenvalue weighted by Gasteiger charge is 2.53. The third-order valence-electron chi connectivity index (χ3n) is 11.0. The maximum atomic E-state index is 13.0. The van der Waals surface area contributed by atoms with E-state index in [0.29, 0.717) is 28.5 Å². The van der Waals surface area contributed by atoms with E-state index >= 15 is 0 Å². The number of fused-ring (bicyclic) bond motifs is 2. The number of phenols is 1. The van der Waals surface area contributed by atoms with Gasteiger partial charge in [0.25, 0.3) is 0 Å². The minimum Gasteiger partial charge on any atom is -0.504 e. The Balaban J connectivity index is 0.902. The van der Waals surface area contributed by atoms with Crippen molar-refractivity contribution in [3.63, 3.8) is 0 Å². The van der Waals surface area contributed by atoms with Gasteiger partial charge in [0.15, 0.2) is 11.5 Å². The number of nitrogens with zero attached hydrogens (tertiary/aromatic N) is 1. The highest BCUT2D eigenvalue weighted by molar-refractivity contribution is 6.32. The first-order valence-corrected chi connectivity index (χ1v) is 19.7. The summed E-state index contributed by atoms with van der Waals surface area (Å²) in [7, 11) is 2.06. The molecule has 0 radical (unpaired) electrons. The Labute approximate surface area is 346 Å². The standard InChI is InChI=1S/C44H49ClN2O12/c1-23(15-16-55-32-13-12-26(18-30(32)45)20-47(3)21-28-9-6-8-27-7-4-5-10-29(27)28)40-38(52)39(53)44(59-40)58-33-14-11-25(19-31(33)48)17-24(2)43(54)46-34-35(49)37(51)42-41(36(34)50)56-22-57-42/h4-15,17-19,34-42,44,48-53H,16,20-22H2,1-3H3,(H,46,54)/t34-,35+,36-,37-,38+,39+,40-,41+,42-,44-/m1/s1. The number of nitrogens with one attached hydrogen (secondary N) is 1. The molecule has 2 saturated heterocycles. The van der Waals surface area contributed by atoms with Crippen LogP contribution in [0.5, 0.6) is 17.2 Å². The van der Waals surface area contributed by atoms with E-state index in [9.17, 15) is 35.4 Å². The van der Waals surface area contributed by atoms with Gasteiger partial charge < -0.3 is 59.6 Å². The summed E-state index contributed by atoms with van der Waals surface area (Å²) < 4.78 is 28.1. The third-order valence-corrected chi connectivity index (χ3v) is 11.2. The smallest absolute Gasteiger partial charge is 0.247 e. The Hall–Kier alpha value is -4.58. The average molecular weight is 833 g/mol. The zero-order valence-corrected chi connectivity index (χ0v) is 33.5. The molecule has 3 aliphatic rings. The highest BCUT2D eigenvalue weighted by atomic mass is 35.5. The molecule has 1 aliphatic carbocycles. The van der Waals surface area contributed by atoms with Crippen LogP contribution in [0.3, 0.4) is 0 Å². The van der Waals surface area contributed by atoms with Crippen LogP contribution in [0.15, 0.2) is 96.1 Å². The summed E-state index contributed by atoms with van der Waals surface area (Å²) in [5.41, 5.74) is 3.43. The lowest BCUT2D eigenvalue weighted by Gasteiger charge is -2.41. The number of amides is 1. The van der Waals surface area contributed by atoms with Gasteiger partial charge in [-0.25, -0.2) is 0 Å². The molecule has 1 saturated carbocycles. The molecule has 14 nitrogen and oxygen atoms in total. The fourth-order valence-electron chi connectivity index (χ4n) is 7.73. The van der Waals surface area contributed by atoms with Crippen LogP contribution in [-0.4, -0.2) is 123 Å². The van der Waals surface area contributed by atoms with Crippen molar-refractivity contribution in [1.82, 2.24) is 10.2 Å². The zero-order valence-electron chi connectivity index (χ0n) is 32.7. The lowest BCUT2D eigenvalue weighted by atomic mass is 9.83. The zero-order chi connectivity index (χ0) is 42.0. The quantitative estimate of drug-likeness (QED) is 0.0765. The number of ether oxygens (including phenoxy) is 5. The van der Waals surface area contributed by atoms with Crippen molar-refractivity contribution in [3.05, 3.63) is 118 Å². The highest BCUT2D eigenvalue weighted by Crippen LogP contribution is 2.35. The van der Waals surface area contributed by atoms with Gasteiger partial charge in [-0.3, -0.25) is 9.69 Å². The van der Waals surface area contributed by atoms with Crippen LogP contribution in [0.4, 0.5) is 0 Å². The Morgan fingerprint density at radius 3 is 2.36 bits per heavy atom. The summed E-state index contributed by atoms with van der Waals surface area (Å²) >= 11 is 6.61. The normalized spacial score (nSPS) is 28.5. The summed E-state index contributed by atoms with van der Waals surface area (Å²) in [5.74, 6) is -0.516. The molecule has 0 bridgehead atoms. The molecular formula is C44H49ClN2O12. The van der Waals surface area contributed by atoms with Crippen LogP contribution in [0.25, 0.3) is 16.8 Å². The molecule has 0 unspecified atom stereocenters. The average Bonchev–Trinajstić information content (AvgIpc) is 3.82. The van der Waals surface area contributed by atoms with Gasteiger partial charge in [-0.05, 0) is 90.3 Å². The van der Waals surface area contributed by atoms with Crippen molar-refractivity contribution in [3.8, 4) is 17.2 Å². The second-order valence-corrected chi connectivity index (χ2v) is 15.7. The van der Waals surface area contributed by atoms with Crippen LogP contribution < -0.4 is 14.8 Å². The minimum absolute atomic E-state index is 0.0419. The Bertz CT molecular complexity index is 2200. The molecule has 0 spiro atoms. The van der Waals surface area contributed by atoms with E-state index in [1.807, 2.05) is 30.3 Å². The summed E-state index contributed by atoms with van der Waals surface area (Å²) in [6.07, 6.45) is -7.90. The van der Waals surface area contributed by atoms with Gasteiger partial charge in [-0.2, -0.15) is 0 Å². The number of carbonyl (C=O) groups excluding carboxylic acids is 1. The number of hydrogen-bond acceptors (Lipinski definition) is 13. The van der Waals surface area contributed by atoms with Gasteiger partial charge in [0.1, 0.15) is 68.0 Å². The third kappa shape index (κ3) is 9.42. The second-order valence-electron chi connectivity index (χ2n) is 15.3. The topological polar surface area (TPSA) is 200 Å². The second kappa shape index (κ2) is 18.4. The molecular weight excluding hydrogens is 784 g/mol. The molecule has 59 heavy (non-hydrogen) atoms. The molecule has 7 rings (SSSR count). The summed E-state index contributed by atoms with van der Waals surface area (Å²) in [6, 6.07) is 23.4. The van der Waals surface area contributed by atoms with Crippen LogP contribution in [-0.2, 0) is 32.1 Å². The fourth-order valence-corrected chi connectivity index (χ4v) is 7.99. The maximum Gasteiger partial charge on any atom is 0.247 e. The van der Waals surface area contributed by atoms with Crippen LogP contribution >= 0.6 is 11.6 Å². The van der Waals surface area contributed by atoms with E-state index in [0.717, 1.165) is 12.1 Å². The largest absolute Gasteiger partial charge is 0.504 e. The van der Waals surface area contributed by atoms with Gasteiger partial charge in [0, 0.05) is 18.7 Å². The fraction of sp³-hybridized carbons (Fsp3) is 0.386. The number of benzene rings is 4. The molecule has 1 amide bonds. The number of aromatic hydroxyl groups is 1. The van der Waals surface area contributed by atoms with E-state index in [1.54, 1.807) is 19.1 Å². The molecule has 0 aromatic heterocycles. The lowest BCUT2D eigenvalue weighted by Crippen LogP contribution is -2.67. The van der Waals surface area contributed by atoms with E-state index in [1.165, 1.54) is 41.5 Å². The van der Waals surface area contributed by atoms with Crippen LogP contribution in [0.1, 0.15) is 30.5 Å². The number of halogens is 1. The minimum atomic E-state index is -1.50. The van der Waals surface area contributed by atoms with Crippen molar-refractivity contribution in [2.24, 2.45) is 0 Å². The molecule has 7 N–H and O–H groups in total. The Morgan fingerprint density at radius 2 is 1.59 bits per heavy atom. The maximum absolute atomic E-state index is 13.0. The first kappa shape index (κ1) is 42.5. The predicted molar refractivity (Wildman–Crippen MR) is 217 cm³/mol. The van der Waals surface area contributed by atoms with Crippen molar-refractivity contribution in [2.75, 3.05) is 20.4 Å². The van der Waals surface area contributed by atoms with Crippen LogP contribution in [0.2, 0.25) is 5.02 Å². The molecule has 3 fully saturated rings. The molecule has 15 heteroatoms. The number of aliphatic hydroxyl groups excluding tert-OH is 5. The van der Waals surface area contributed by atoms with Gasteiger partial charge >= 0.3 is 0 Å². The number of carbonyl (C=O) groups is 1. The molecule has 2 heterocycles. The van der Waals surface area contributed by atoms with Crippen molar-refractivity contribution >= 4 is 34.4 Å². The summed E-state index contributed by atoms with van der Waals surface area (Å²) in [6.45, 7) is 4.64. The first-order chi connectivity index (χ1) is 28.3. The van der Waals surface area contributed by atoms with E-state index in [2.05, 4.69) is 47.6 Å². The van der Waals surface area contributed by atoms with Gasteiger partial charge in [0.2, 0.25) is 12.2 Å². The molecule has 10 atom stereocenters. The lowest BCUT2D eigenvalue weighted by molar-refractivity contribution is -0.155. The summed E-state index contributed by atoms with van der Waals surface area (Å²) in [4.78, 5) is 15.2. The van der Waals surface area contributed by atoms with E-state index in [4.69, 9.17) is 35.3 Å². The summed E-state index contributed by atoms with van der Waals surface area (Å²) in [5, 5.41) is 69.4. The van der Waals surface area contributed by atoms with Crippen molar-refractivity contribution in [2.45, 2.75) is 88.1 Å². The van der Waals surface area contributed by atoms with Gasteiger partial charge in [-0.1, -0.05) is 66.2 Å². The van der Waals surface area contributed by atoms with E-state index < -0.39 is 67.1 Å². The van der Waals surface area contributed by atoms with E-state index in [-0.39, 0.29) is 30.5 Å². The number of rotatable bonds is 13. The Kier molecular flexibility index (Phi) is 13.2. The number of aliphatic hydroxyl groups is 5. The van der Waals surface area contributed by atoms with Gasteiger partial charge in [0.05, 0.1) is 11.1 Å². The number of hydrogen-bond donors (Lipinski definition) is 7. The molecule has 314 valence electrons. The van der Waals surface area contributed by atoms with Crippen molar-refractivity contribution in [1.29, 1.82) is 0 Å². The monoisotopic (exact) mass is 832 g/mol. The molecule has 4 aromatic rings. The predicted octanol–water partition coefficient (Wildman–Crippen LogP) is 3.41. The van der Waals surface area contributed by atoms with Crippen molar-refractivity contribution < 1.29 is 59.1 Å². The Morgan fingerprint density at radius 1 is 0.864 bits per heavy atom. The van der Waals surface area contributed by atoms with Gasteiger partial charge in [-0.15, -0.1) is 0 Å². The first-order valence-electron chi connectivity index (χ1n) is 19.3. The van der Waals surface area contributed by atoms with Crippen LogP contribution in [0, 0.1) is 0 Å². The molecule has 4 aromatic carbocycles. The SMILES string of the molecule is CC(=Cc1ccc(O[C@@H]2O[C@H](C(C)=CCOc3ccc(CN(C)Cc4cccc5ccccc45)cc3Cl)[C@@H](O)[C@@H]2O)c(O)c1)C(=O)N[C@@H]1[C@H](O)[C@@H](O)[C@H]2OCO[C@H]2[C@@H]1O. The molecule has 2 aliphatic heterocycles.